The van der Waals surface area contributed by atoms with Crippen molar-refractivity contribution in [3.05, 3.63) is 57.6 Å². The molecule has 0 radical (unpaired) electrons. The minimum atomic E-state index is -3.90. The van der Waals surface area contributed by atoms with Gasteiger partial charge in [0.15, 0.2) is 0 Å². The number of alkyl halides is 3. The summed E-state index contributed by atoms with van der Waals surface area (Å²) in [4.78, 5) is 0.0498. The Labute approximate surface area is 269 Å². The van der Waals surface area contributed by atoms with Gasteiger partial charge in [0.2, 0.25) is 0 Å². The second kappa shape index (κ2) is 17.5. The van der Waals surface area contributed by atoms with Crippen LogP contribution in [0.25, 0.3) is 0 Å². The molecule has 0 amide bonds. The van der Waals surface area contributed by atoms with E-state index in [1.54, 1.807) is 12.1 Å². The van der Waals surface area contributed by atoms with Gasteiger partial charge in [-0.1, -0.05) is 33.6 Å². The van der Waals surface area contributed by atoms with Crippen LogP contribution in [0, 0.1) is 20.8 Å². The number of hydrogen-bond donors (Lipinski definition) is 0. The van der Waals surface area contributed by atoms with E-state index in [1.807, 2.05) is 32.9 Å². The molecule has 0 atom stereocenters. The second-order valence-electron chi connectivity index (χ2n) is 9.72. The van der Waals surface area contributed by atoms with Gasteiger partial charge >= 0.3 is 29.6 Å². The summed E-state index contributed by atoms with van der Waals surface area (Å²) in [6.07, 6.45) is 1.16. The third kappa shape index (κ3) is 11.9. The summed E-state index contributed by atoms with van der Waals surface area (Å²) in [5.41, 5.74) is 0.295. The molecular formula is C28H39BrF3NaO6S. The van der Waals surface area contributed by atoms with Gasteiger partial charge in [-0.15, -0.1) is 0 Å². The van der Waals surface area contributed by atoms with Gasteiger partial charge in [0.05, 0.1) is 13.4 Å². The van der Waals surface area contributed by atoms with Crippen molar-refractivity contribution in [2.24, 2.45) is 0 Å². The van der Waals surface area contributed by atoms with Gasteiger partial charge in [-0.3, -0.25) is 8.57 Å². The maximum atomic E-state index is 14.3. The van der Waals surface area contributed by atoms with Crippen LogP contribution in [0.15, 0.2) is 45.8 Å². The number of benzene rings is 2. The Bertz CT molecular complexity index is 1140. The van der Waals surface area contributed by atoms with E-state index < -0.39 is 35.2 Å². The van der Waals surface area contributed by atoms with Crippen molar-refractivity contribution in [2.75, 3.05) is 46.8 Å². The molecule has 0 N–H and O–H groups in total. The van der Waals surface area contributed by atoms with Crippen LogP contribution in [0.4, 0.5) is 13.2 Å². The second-order valence-corrected chi connectivity index (χ2v) is 12.1. The first-order valence-electron chi connectivity index (χ1n) is 13.3. The first-order chi connectivity index (χ1) is 18.8. The molecule has 2 aliphatic rings. The Balaban J connectivity index is 0.000000702. The smallest absolute Gasteiger partial charge is 1.00 e. The fraction of sp³-hybridized carbons (Fsp3) is 0.571. The van der Waals surface area contributed by atoms with E-state index in [4.69, 9.17) is 19.8 Å². The zero-order valence-corrected chi connectivity index (χ0v) is 28.0. The third-order valence-corrected chi connectivity index (χ3v) is 9.00. The van der Waals surface area contributed by atoms with Gasteiger partial charge in [-0.25, -0.2) is 8.78 Å². The number of hydrogen-bond acceptors (Lipinski definition) is 6. The molecule has 0 unspecified atom stereocenters. The quantitative estimate of drug-likeness (QED) is 0.331. The fourth-order valence-electron chi connectivity index (χ4n) is 3.92. The van der Waals surface area contributed by atoms with E-state index >= 15 is 0 Å². The van der Waals surface area contributed by atoms with Crippen LogP contribution in [0.2, 0.25) is 0 Å². The molecule has 2 aromatic rings. The maximum Gasteiger partial charge on any atom is 1.00 e. The molecule has 0 saturated carbocycles. The molecule has 6 nitrogen and oxygen atoms in total. The van der Waals surface area contributed by atoms with Crippen LogP contribution in [0.5, 0.6) is 5.75 Å². The molecule has 40 heavy (non-hydrogen) atoms. The third-order valence-electron chi connectivity index (χ3n) is 6.47. The fourth-order valence-corrected chi connectivity index (χ4v) is 5.12. The summed E-state index contributed by atoms with van der Waals surface area (Å²) in [6, 6.07) is 10.1. The van der Waals surface area contributed by atoms with Crippen LogP contribution < -0.4 is 34.3 Å². The molecule has 0 aromatic heterocycles. The summed E-state index contributed by atoms with van der Waals surface area (Å²) in [5, 5.41) is 0. The Kier molecular flexibility index (Phi) is 15.5. The van der Waals surface area contributed by atoms with Gasteiger partial charge in [-0.05, 0) is 56.2 Å². The van der Waals surface area contributed by atoms with E-state index in [2.05, 4.69) is 15.9 Å². The SMILES string of the molecule is Cc1cc(OCC2(F)CCOCC2)cc(C)c1Br.Cc1ccc(S(=O)(=O)OCC2(F)CCOCC2)cc1.[2H]CF.[H-].[Na+]. The average Bonchev–Trinajstić information content (AvgIpc) is 2.92. The summed E-state index contributed by atoms with van der Waals surface area (Å²) in [6.45, 7) is 7.08. The van der Waals surface area contributed by atoms with Gasteiger partial charge in [0.25, 0.3) is 10.1 Å². The van der Waals surface area contributed by atoms with E-state index in [1.165, 1.54) is 12.1 Å². The van der Waals surface area contributed by atoms with Crippen LogP contribution in [0.1, 0.15) is 45.2 Å². The predicted molar refractivity (Wildman–Crippen MR) is 149 cm³/mol. The van der Waals surface area contributed by atoms with E-state index in [-0.39, 0.29) is 55.3 Å². The van der Waals surface area contributed by atoms with Crippen LogP contribution in [-0.2, 0) is 23.8 Å². The molecule has 4 rings (SSSR count). The normalized spacial score (nSPS) is 18.0. The minimum Gasteiger partial charge on any atom is -1.00 e. The molecule has 2 aromatic carbocycles. The zero-order chi connectivity index (χ0) is 29.8. The number of aryl methyl sites for hydroxylation is 3. The molecule has 2 saturated heterocycles. The number of ether oxygens (including phenoxy) is 3. The first kappa shape index (κ1) is 35.5. The average molecular weight is 665 g/mol. The molecule has 2 heterocycles. The van der Waals surface area contributed by atoms with Crippen molar-refractivity contribution in [1.82, 2.24) is 0 Å². The van der Waals surface area contributed by atoms with Gasteiger partial charge in [0, 0.05) is 56.6 Å². The largest absolute Gasteiger partial charge is 1.00 e. The van der Waals surface area contributed by atoms with Crippen molar-refractivity contribution in [2.45, 2.75) is 62.7 Å². The summed E-state index contributed by atoms with van der Waals surface area (Å²) in [7, 11) is -4.90. The van der Waals surface area contributed by atoms with E-state index in [0.717, 1.165) is 26.9 Å². The number of rotatable bonds is 7. The van der Waals surface area contributed by atoms with Gasteiger partial charge in [-0.2, -0.15) is 8.42 Å². The standard InChI is InChI=1S/C14H18BrFO2.C13H17FO4S.CH3F.Na.H/c1-10-7-12(8-11(2)13(10)15)18-9-14(16)3-5-17-6-4-14;1-11-2-4-12(5-3-11)19(15,16)18-10-13(14)6-8-17-9-7-13;1-2;;/h7-8H,3-6,9H2,1-2H3;2-5H,6-10H2,1H3;1H3;;/q;;;+1;-1/i;;1D;;. The van der Waals surface area contributed by atoms with Gasteiger partial charge in [0.1, 0.15) is 30.3 Å². The number of halogens is 4. The zero-order valence-electron chi connectivity index (χ0n) is 25.6. The van der Waals surface area contributed by atoms with Crippen molar-refractivity contribution in [3.63, 3.8) is 0 Å². The minimum absolute atomic E-state index is 0. The van der Waals surface area contributed by atoms with Crippen LogP contribution in [-0.4, -0.2) is 66.6 Å². The molecule has 0 spiro atoms. The topological polar surface area (TPSA) is 71.1 Å². The summed E-state index contributed by atoms with van der Waals surface area (Å²) >= 11 is 3.51. The predicted octanol–water partition coefficient (Wildman–Crippen LogP) is 3.88. The molecular weight excluding hydrogens is 624 g/mol. The summed E-state index contributed by atoms with van der Waals surface area (Å²) in [5.74, 6) is 0.733. The van der Waals surface area contributed by atoms with Crippen LogP contribution in [0.3, 0.4) is 0 Å². The Hall–Kier alpha value is -0.660. The van der Waals surface area contributed by atoms with E-state index in [9.17, 15) is 21.6 Å². The Morgan fingerprint density at radius 2 is 1.35 bits per heavy atom. The van der Waals surface area contributed by atoms with Crippen molar-refractivity contribution < 1.29 is 72.3 Å². The van der Waals surface area contributed by atoms with Crippen molar-refractivity contribution >= 4 is 26.0 Å². The van der Waals surface area contributed by atoms with Gasteiger partial charge < -0.3 is 15.6 Å². The molecule has 0 bridgehead atoms. The Morgan fingerprint density at radius 1 is 0.925 bits per heavy atom. The summed E-state index contributed by atoms with van der Waals surface area (Å²) < 4.78 is 89.6. The Morgan fingerprint density at radius 3 is 1.80 bits per heavy atom. The maximum absolute atomic E-state index is 14.3. The molecule has 2 aliphatic heterocycles. The van der Waals surface area contributed by atoms with Crippen molar-refractivity contribution in [1.29, 1.82) is 0 Å². The molecule has 0 aliphatic carbocycles. The van der Waals surface area contributed by atoms with Crippen LogP contribution >= 0.6 is 15.9 Å². The van der Waals surface area contributed by atoms with Crippen molar-refractivity contribution in [3.8, 4) is 5.75 Å². The first-order valence-corrected chi connectivity index (χ1v) is 14.8. The molecule has 12 heteroatoms. The van der Waals surface area contributed by atoms with E-state index in [0.29, 0.717) is 39.3 Å². The monoisotopic (exact) mass is 663 g/mol. The molecule has 222 valence electrons. The molecule has 2 fully saturated rings.